The number of hydrogen-bond acceptors (Lipinski definition) is 4. The first-order chi connectivity index (χ1) is 3.72. The van der Waals surface area contributed by atoms with E-state index in [9.17, 15) is 0 Å². The lowest BCUT2D eigenvalue weighted by atomic mass is 10.2. The molecule has 0 aliphatic carbocycles. The summed E-state index contributed by atoms with van der Waals surface area (Å²) < 4.78 is 0. The van der Waals surface area contributed by atoms with Crippen LogP contribution >= 0.6 is 0 Å². The minimum absolute atomic E-state index is 0.266. The van der Waals surface area contributed by atoms with E-state index in [2.05, 4.69) is 5.32 Å². The summed E-state index contributed by atoms with van der Waals surface area (Å²) in [4.78, 5) is 0. The Balaban J connectivity index is 2.44. The molecule has 0 aromatic carbocycles. The first kappa shape index (κ1) is 5.97. The average Bonchev–Trinajstić information content (AvgIpc) is 1.98. The van der Waals surface area contributed by atoms with Crippen LogP contribution < -0.4 is 5.32 Å². The van der Waals surface area contributed by atoms with Crippen molar-refractivity contribution in [1.29, 1.82) is 0 Å². The molecule has 0 aromatic heterocycles. The number of β-amino-alcohol motifs (C(OH)–C–C–N with tert-alkyl or cyclic N) is 1. The third-order valence-corrected chi connectivity index (χ3v) is 1.25. The van der Waals surface area contributed by atoms with E-state index in [1.54, 1.807) is 0 Å². The minimum Gasteiger partial charge on any atom is -0.389 e. The van der Waals surface area contributed by atoms with E-state index in [4.69, 9.17) is 15.3 Å². The van der Waals surface area contributed by atoms with Gasteiger partial charge in [-0.1, -0.05) is 0 Å². The van der Waals surface area contributed by atoms with Crippen molar-refractivity contribution in [1.82, 2.24) is 5.32 Å². The van der Waals surface area contributed by atoms with E-state index in [-0.39, 0.29) is 6.54 Å². The van der Waals surface area contributed by atoms with Gasteiger partial charge in [0.25, 0.3) is 0 Å². The molecule has 0 spiro atoms. The molecular weight excluding hydrogens is 110 g/mol. The highest BCUT2D eigenvalue weighted by atomic mass is 16.4. The SMILES string of the molecule is O[C@H]1[C@@H](O)CN[C@@H]1O. The predicted molar refractivity (Wildman–Crippen MR) is 26.0 cm³/mol. The molecule has 3 atom stereocenters. The summed E-state index contributed by atoms with van der Waals surface area (Å²) in [5.74, 6) is 0. The van der Waals surface area contributed by atoms with Crippen LogP contribution in [0.5, 0.6) is 0 Å². The van der Waals surface area contributed by atoms with E-state index in [0.29, 0.717) is 0 Å². The summed E-state index contributed by atoms with van der Waals surface area (Å²) in [7, 11) is 0. The maximum Gasteiger partial charge on any atom is 0.133 e. The molecule has 1 saturated heterocycles. The fourth-order valence-corrected chi connectivity index (χ4v) is 0.693. The zero-order chi connectivity index (χ0) is 6.15. The van der Waals surface area contributed by atoms with Crippen molar-refractivity contribution in [3.63, 3.8) is 0 Å². The van der Waals surface area contributed by atoms with Gasteiger partial charge in [-0.15, -0.1) is 0 Å². The third-order valence-electron chi connectivity index (χ3n) is 1.25. The summed E-state index contributed by atoms with van der Waals surface area (Å²) in [6.07, 6.45) is -2.79. The van der Waals surface area contributed by atoms with Crippen molar-refractivity contribution < 1.29 is 15.3 Å². The molecule has 1 fully saturated rings. The van der Waals surface area contributed by atoms with E-state index < -0.39 is 18.4 Å². The summed E-state index contributed by atoms with van der Waals surface area (Å²) in [6.45, 7) is 0.266. The lowest BCUT2D eigenvalue weighted by Gasteiger charge is -2.07. The van der Waals surface area contributed by atoms with Crippen LogP contribution in [0.4, 0.5) is 0 Å². The Morgan fingerprint density at radius 1 is 1.25 bits per heavy atom. The molecule has 4 heteroatoms. The van der Waals surface area contributed by atoms with E-state index in [1.807, 2.05) is 0 Å². The molecule has 4 nitrogen and oxygen atoms in total. The van der Waals surface area contributed by atoms with Crippen LogP contribution in [0, 0.1) is 0 Å². The van der Waals surface area contributed by atoms with Gasteiger partial charge in [0, 0.05) is 6.54 Å². The van der Waals surface area contributed by atoms with Gasteiger partial charge in [0.1, 0.15) is 12.3 Å². The second kappa shape index (κ2) is 1.99. The molecule has 0 radical (unpaired) electrons. The second-order valence-electron chi connectivity index (χ2n) is 1.91. The van der Waals surface area contributed by atoms with Crippen molar-refractivity contribution in [2.75, 3.05) is 6.54 Å². The fraction of sp³-hybridized carbons (Fsp3) is 1.00. The highest BCUT2D eigenvalue weighted by Gasteiger charge is 2.30. The Morgan fingerprint density at radius 2 is 1.88 bits per heavy atom. The van der Waals surface area contributed by atoms with E-state index >= 15 is 0 Å². The Morgan fingerprint density at radius 3 is 2.00 bits per heavy atom. The van der Waals surface area contributed by atoms with Crippen molar-refractivity contribution in [3.8, 4) is 0 Å². The first-order valence-corrected chi connectivity index (χ1v) is 2.49. The summed E-state index contributed by atoms with van der Waals surface area (Å²) in [5.41, 5.74) is 0. The molecule has 0 aromatic rings. The molecular formula is C4H9NO3. The van der Waals surface area contributed by atoms with Gasteiger partial charge in [0.2, 0.25) is 0 Å². The molecule has 0 amide bonds. The highest BCUT2D eigenvalue weighted by Crippen LogP contribution is 2.03. The van der Waals surface area contributed by atoms with Gasteiger partial charge in [-0.05, 0) is 0 Å². The molecule has 8 heavy (non-hydrogen) atoms. The van der Waals surface area contributed by atoms with Crippen LogP contribution in [0.3, 0.4) is 0 Å². The fourth-order valence-electron chi connectivity index (χ4n) is 0.693. The van der Waals surface area contributed by atoms with Gasteiger partial charge in [-0.2, -0.15) is 0 Å². The van der Waals surface area contributed by atoms with Crippen LogP contribution in [0.15, 0.2) is 0 Å². The van der Waals surface area contributed by atoms with Crippen molar-refractivity contribution in [2.45, 2.75) is 18.4 Å². The lowest BCUT2D eigenvalue weighted by molar-refractivity contribution is -0.0208. The standard InChI is InChI=1S/C4H9NO3/c6-2-1-5-4(8)3(2)7/h2-8H,1H2/t2-,3-,4+/m0/s1. The minimum atomic E-state index is -1.02. The zero-order valence-corrected chi connectivity index (χ0v) is 4.28. The van der Waals surface area contributed by atoms with Crippen LogP contribution in [-0.4, -0.2) is 40.3 Å². The molecule has 1 heterocycles. The Bertz CT molecular complexity index is 77.4. The Kier molecular flexibility index (Phi) is 1.48. The van der Waals surface area contributed by atoms with Crippen molar-refractivity contribution >= 4 is 0 Å². The molecule has 4 N–H and O–H groups in total. The van der Waals surface area contributed by atoms with Crippen LogP contribution in [0.25, 0.3) is 0 Å². The number of aliphatic hydroxyl groups excluding tert-OH is 3. The molecule has 0 bridgehead atoms. The van der Waals surface area contributed by atoms with Gasteiger partial charge >= 0.3 is 0 Å². The van der Waals surface area contributed by atoms with Crippen LogP contribution in [0.1, 0.15) is 0 Å². The Hall–Kier alpha value is -0.160. The van der Waals surface area contributed by atoms with Crippen molar-refractivity contribution in [2.24, 2.45) is 0 Å². The highest BCUT2D eigenvalue weighted by molar-refractivity contribution is 4.82. The van der Waals surface area contributed by atoms with Gasteiger partial charge < -0.3 is 15.3 Å². The Labute approximate surface area is 46.8 Å². The number of hydrogen-bond donors (Lipinski definition) is 4. The van der Waals surface area contributed by atoms with Gasteiger partial charge in [0.05, 0.1) is 6.10 Å². The molecule has 48 valence electrons. The van der Waals surface area contributed by atoms with Crippen molar-refractivity contribution in [3.05, 3.63) is 0 Å². The average molecular weight is 119 g/mol. The quantitative estimate of drug-likeness (QED) is 0.287. The lowest BCUT2D eigenvalue weighted by Crippen LogP contribution is -2.32. The van der Waals surface area contributed by atoms with E-state index in [0.717, 1.165) is 0 Å². The van der Waals surface area contributed by atoms with Gasteiger partial charge in [-0.3, -0.25) is 5.32 Å². The largest absolute Gasteiger partial charge is 0.389 e. The maximum absolute atomic E-state index is 8.70. The van der Waals surface area contributed by atoms with Gasteiger partial charge in [0.15, 0.2) is 0 Å². The van der Waals surface area contributed by atoms with E-state index in [1.165, 1.54) is 0 Å². The topological polar surface area (TPSA) is 72.7 Å². The molecule has 0 unspecified atom stereocenters. The van der Waals surface area contributed by atoms with Crippen LogP contribution in [0.2, 0.25) is 0 Å². The number of aliphatic hydroxyl groups is 3. The molecule has 1 rings (SSSR count). The molecule has 1 aliphatic heterocycles. The van der Waals surface area contributed by atoms with Gasteiger partial charge in [-0.25, -0.2) is 0 Å². The third kappa shape index (κ3) is 0.830. The smallest absolute Gasteiger partial charge is 0.133 e. The second-order valence-corrected chi connectivity index (χ2v) is 1.91. The summed E-state index contributed by atoms with van der Waals surface area (Å²) in [6, 6.07) is 0. The zero-order valence-electron chi connectivity index (χ0n) is 4.28. The van der Waals surface area contributed by atoms with Crippen LogP contribution in [-0.2, 0) is 0 Å². The summed E-state index contributed by atoms with van der Waals surface area (Å²) >= 11 is 0. The first-order valence-electron chi connectivity index (χ1n) is 2.49. The maximum atomic E-state index is 8.70. The normalized spacial score (nSPS) is 47.6. The molecule has 1 aliphatic rings. The summed E-state index contributed by atoms with van der Waals surface area (Å²) in [5, 5.41) is 28.5. The number of nitrogens with one attached hydrogen (secondary N) is 1. The number of rotatable bonds is 0. The predicted octanol–water partition coefficient (Wildman–Crippen LogP) is -2.37. The molecule has 0 saturated carbocycles. The monoisotopic (exact) mass is 119 g/mol.